The third-order valence-corrected chi connectivity index (χ3v) is 4.10. The average Bonchev–Trinajstić information content (AvgIpc) is 2.29. The van der Waals surface area contributed by atoms with Gasteiger partial charge in [-0.2, -0.15) is 0 Å². The first-order valence-corrected chi connectivity index (χ1v) is 7.39. The summed E-state index contributed by atoms with van der Waals surface area (Å²) in [5.74, 6) is 1.19. The maximum atomic E-state index is 5.75. The van der Waals surface area contributed by atoms with Gasteiger partial charge in [-0.15, -0.1) is 11.8 Å². The summed E-state index contributed by atoms with van der Waals surface area (Å²) in [5, 5.41) is 0. The number of hydrogen-bond acceptors (Lipinski definition) is 2. The van der Waals surface area contributed by atoms with E-state index in [0.29, 0.717) is 12.2 Å². The van der Waals surface area contributed by atoms with E-state index in [1.54, 1.807) is 4.90 Å². The minimum atomic E-state index is 0.412. The van der Waals surface area contributed by atoms with Gasteiger partial charge in [-0.3, -0.25) is 0 Å². The molecule has 0 unspecified atom stereocenters. The van der Waals surface area contributed by atoms with Gasteiger partial charge in [0, 0.05) is 10.6 Å². The van der Waals surface area contributed by atoms with Crippen molar-refractivity contribution in [3.05, 3.63) is 30.3 Å². The Morgan fingerprint density at radius 1 is 1.18 bits per heavy atom. The van der Waals surface area contributed by atoms with E-state index in [1.807, 2.05) is 11.8 Å². The third-order valence-electron chi connectivity index (χ3n) is 3.08. The highest BCUT2D eigenvalue weighted by molar-refractivity contribution is 7.99. The third kappa shape index (κ3) is 4.34. The molecule has 2 atom stereocenters. The largest absolute Gasteiger partial charge is 0.364 e. The molecule has 1 aliphatic heterocycles. The monoisotopic (exact) mass is 252 g/mol. The molecule has 0 amide bonds. The van der Waals surface area contributed by atoms with Crippen LogP contribution in [0.25, 0.3) is 0 Å². The van der Waals surface area contributed by atoms with Crippen LogP contribution in [0.1, 0.15) is 13.8 Å². The van der Waals surface area contributed by atoms with Gasteiger partial charge in [0.15, 0.2) is 0 Å². The van der Waals surface area contributed by atoms with Crippen LogP contribution in [0.2, 0.25) is 0 Å². The van der Waals surface area contributed by atoms with Crippen LogP contribution in [0, 0.1) is 0 Å². The normalized spacial score (nSPS) is 29.2. The van der Waals surface area contributed by atoms with E-state index in [9.17, 15) is 0 Å². The van der Waals surface area contributed by atoms with Gasteiger partial charge in [-0.25, -0.2) is 0 Å². The molecule has 1 N–H and O–H groups in total. The lowest BCUT2D eigenvalue weighted by Crippen LogP contribution is -3.15. The van der Waals surface area contributed by atoms with Gasteiger partial charge in [0.1, 0.15) is 25.3 Å². The molecule has 2 nitrogen and oxygen atoms in total. The fourth-order valence-electron chi connectivity index (χ4n) is 2.42. The molecule has 0 spiro atoms. The van der Waals surface area contributed by atoms with Gasteiger partial charge in [0.25, 0.3) is 0 Å². The first kappa shape index (κ1) is 12.9. The Bertz CT molecular complexity index is 320. The SMILES string of the molecule is C[C@H]1C[NH+](CCSc2ccccc2)C[C@H](C)O1. The van der Waals surface area contributed by atoms with Crippen LogP contribution >= 0.6 is 11.8 Å². The molecule has 2 rings (SSSR count). The second-order valence-electron chi connectivity index (χ2n) is 4.83. The average molecular weight is 252 g/mol. The number of benzene rings is 1. The number of ether oxygens (including phenoxy) is 1. The lowest BCUT2D eigenvalue weighted by molar-refractivity contribution is -0.912. The minimum absolute atomic E-state index is 0.412. The maximum absolute atomic E-state index is 5.75. The van der Waals surface area contributed by atoms with Crippen molar-refractivity contribution in [3.8, 4) is 0 Å². The summed E-state index contributed by atoms with van der Waals surface area (Å²) in [4.78, 5) is 3.06. The van der Waals surface area contributed by atoms with Crippen LogP contribution < -0.4 is 4.90 Å². The van der Waals surface area contributed by atoms with E-state index in [2.05, 4.69) is 44.2 Å². The molecular formula is C14H22NOS+. The van der Waals surface area contributed by atoms with Crippen LogP contribution in [0.5, 0.6) is 0 Å². The zero-order valence-electron chi connectivity index (χ0n) is 10.7. The van der Waals surface area contributed by atoms with Gasteiger partial charge < -0.3 is 9.64 Å². The van der Waals surface area contributed by atoms with Crippen molar-refractivity contribution >= 4 is 11.8 Å². The number of quaternary nitrogens is 1. The molecule has 0 saturated carbocycles. The zero-order valence-corrected chi connectivity index (χ0v) is 11.5. The molecule has 1 aliphatic rings. The highest BCUT2D eigenvalue weighted by atomic mass is 32.2. The minimum Gasteiger partial charge on any atom is -0.364 e. The predicted molar refractivity (Wildman–Crippen MR) is 72.7 cm³/mol. The lowest BCUT2D eigenvalue weighted by Gasteiger charge is -2.32. The van der Waals surface area contributed by atoms with Crippen LogP contribution in [0.3, 0.4) is 0 Å². The van der Waals surface area contributed by atoms with E-state index < -0.39 is 0 Å². The molecule has 0 aromatic heterocycles. The van der Waals surface area contributed by atoms with Crippen molar-refractivity contribution in [1.82, 2.24) is 0 Å². The Balaban J connectivity index is 1.71. The Morgan fingerprint density at radius 3 is 2.47 bits per heavy atom. The molecule has 0 radical (unpaired) electrons. The molecular weight excluding hydrogens is 230 g/mol. The van der Waals surface area contributed by atoms with Crippen molar-refractivity contribution in [2.75, 3.05) is 25.4 Å². The topological polar surface area (TPSA) is 13.7 Å². The zero-order chi connectivity index (χ0) is 12.1. The van der Waals surface area contributed by atoms with Gasteiger partial charge in [0.2, 0.25) is 0 Å². The second-order valence-corrected chi connectivity index (χ2v) is 6.00. The fourth-order valence-corrected chi connectivity index (χ4v) is 3.40. The summed E-state index contributed by atoms with van der Waals surface area (Å²) >= 11 is 1.95. The molecule has 1 aromatic rings. The smallest absolute Gasteiger partial charge is 0.104 e. The number of nitrogens with one attached hydrogen (secondary N) is 1. The summed E-state index contributed by atoms with van der Waals surface area (Å²) < 4.78 is 5.75. The summed E-state index contributed by atoms with van der Waals surface area (Å²) in [6.45, 7) is 7.90. The number of hydrogen-bond donors (Lipinski definition) is 1. The van der Waals surface area contributed by atoms with Gasteiger partial charge in [0.05, 0.1) is 6.54 Å². The molecule has 3 heteroatoms. The summed E-state index contributed by atoms with van der Waals surface area (Å²) in [6.07, 6.45) is 0.825. The highest BCUT2D eigenvalue weighted by Gasteiger charge is 2.24. The summed E-state index contributed by atoms with van der Waals surface area (Å²) in [7, 11) is 0. The van der Waals surface area contributed by atoms with E-state index in [4.69, 9.17) is 4.74 Å². The molecule has 17 heavy (non-hydrogen) atoms. The fraction of sp³-hybridized carbons (Fsp3) is 0.571. The molecule has 1 saturated heterocycles. The number of thioether (sulfide) groups is 1. The van der Waals surface area contributed by atoms with Crippen LogP contribution in [0.4, 0.5) is 0 Å². The van der Waals surface area contributed by atoms with Crippen molar-refractivity contribution in [2.24, 2.45) is 0 Å². The van der Waals surface area contributed by atoms with Gasteiger partial charge >= 0.3 is 0 Å². The van der Waals surface area contributed by atoms with E-state index in [1.165, 1.54) is 17.2 Å². The van der Waals surface area contributed by atoms with E-state index >= 15 is 0 Å². The summed E-state index contributed by atoms with van der Waals surface area (Å²) in [6, 6.07) is 10.7. The Morgan fingerprint density at radius 2 is 1.82 bits per heavy atom. The predicted octanol–water partition coefficient (Wildman–Crippen LogP) is 1.47. The standard InChI is InChI=1S/C14H21NOS/c1-12-10-15(11-13(2)16-12)8-9-17-14-6-4-3-5-7-14/h3-7,12-13H,8-11H2,1-2H3/p+1/t12-,13-/m0/s1. The van der Waals surface area contributed by atoms with Crippen LogP contribution in [-0.4, -0.2) is 37.6 Å². The van der Waals surface area contributed by atoms with Crippen molar-refractivity contribution in [1.29, 1.82) is 0 Å². The Hall–Kier alpha value is -0.510. The quantitative estimate of drug-likeness (QED) is 0.816. The Labute approximate surface area is 108 Å². The molecule has 1 heterocycles. The summed E-state index contributed by atoms with van der Waals surface area (Å²) in [5.41, 5.74) is 0. The molecule has 0 aliphatic carbocycles. The number of morpholine rings is 1. The maximum Gasteiger partial charge on any atom is 0.104 e. The second kappa shape index (κ2) is 6.43. The van der Waals surface area contributed by atoms with Crippen LogP contribution in [0.15, 0.2) is 35.2 Å². The lowest BCUT2D eigenvalue weighted by atomic mass is 10.2. The van der Waals surface area contributed by atoms with Crippen molar-refractivity contribution in [2.45, 2.75) is 31.0 Å². The molecule has 1 aromatic carbocycles. The Kier molecular flexibility index (Phi) is 4.89. The first-order chi connectivity index (χ1) is 8.24. The van der Waals surface area contributed by atoms with Crippen molar-refractivity contribution in [3.63, 3.8) is 0 Å². The number of rotatable bonds is 4. The van der Waals surface area contributed by atoms with Crippen molar-refractivity contribution < 1.29 is 9.64 Å². The molecule has 0 bridgehead atoms. The molecule has 1 fully saturated rings. The molecule has 94 valence electrons. The van der Waals surface area contributed by atoms with Crippen LogP contribution in [-0.2, 0) is 4.74 Å². The van der Waals surface area contributed by atoms with E-state index in [-0.39, 0.29) is 0 Å². The first-order valence-electron chi connectivity index (χ1n) is 6.41. The van der Waals surface area contributed by atoms with Gasteiger partial charge in [-0.05, 0) is 26.0 Å². The van der Waals surface area contributed by atoms with Gasteiger partial charge in [-0.1, -0.05) is 18.2 Å². The van der Waals surface area contributed by atoms with E-state index in [0.717, 1.165) is 13.1 Å². The highest BCUT2D eigenvalue weighted by Crippen LogP contribution is 2.15.